The van der Waals surface area contributed by atoms with Gasteiger partial charge in [0.05, 0.1) is 4.70 Å². The molecular weight excluding hydrogens is 452 g/mol. The van der Waals surface area contributed by atoms with E-state index in [4.69, 9.17) is 10.7 Å². The molecule has 0 bridgehead atoms. The van der Waals surface area contributed by atoms with Gasteiger partial charge in [-0.15, -0.1) is 11.3 Å². The van der Waals surface area contributed by atoms with E-state index in [2.05, 4.69) is 41.4 Å². The highest BCUT2D eigenvalue weighted by Gasteiger charge is 2.31. The van der Waals surface area contributed by atoms with Crippen LogP contribution in [0.15, 0.2) is 96.2 Å². The van der Waals surface area contributed by atoms with Gasteiger partial charge in [-0.25, -0.2) is 4.98 Å². The normalized spacial score (nSPS) is 15.4. The molecule has 5 nitrogen and oxygen atoms in total. The molecule has 35 heavy (non-hydrogen) atoms. The van der Waals surface area contributed by atoms with E-state index in [1.807, 2.05) is 48.5 Å². The number of nitrogens with zero attached hydrogens (tertiary/aromatic N) is 2. The molecule has 0 fully saturated rings. The number of benzene rings is 3. The number of nitriles is 1. The Morgan fingerprint density at radius 1 is 0.914 bits per heavy atom. The number of fused-ring (bicyclic) bond motifs is 2. The Morgan fingerprint density at radius 3 is 2.29 bits per heavy atom. The van der Waals surface area contributed by atoms with E-state index in [9.17, 15) is 10.1 Å². The SMILES string of the molecule is N#CC(N)=C1/C(=C/c2cc3sc(-c4ccc(-c5ccccc5)cc4)nc3[nH]2)C(=O)c2ccccc21. The number of carbonyl (C=O) groups is 1. The van der Waals surface area contributed by atoms with Crippen LogP contribution in [-0.2, 0) is 0 Å². The highest BCUT2D eigenvalue weighted by molar-refractivity contribution is 7.21. The fourth-order valence-electron chi connectivity index (χ4n) is 4.41. The van der Waals surface area contributed by atoms with E-state index < -0.39 is 0 Å². The number of carbonyl (C=O) groups excluding carboxylic acids is 1. The van der Waals surface area contributed by atoms with Crippen molar-refractivity contribution >= 4 is 39.1 Å². The van der Waals surface area contributed by atoms with Gasteiger partial charge in [0.15, 0.2) is 5.78 Å². The summed E-state index contributed by atoms with van der Waals surface area (Å²) in [6.07, 6.45) is 1.75. The van der Waals surface area contributed by atoms with Gasteiger partial charge in [0.2, 0.25) is 0 Å². The summed E-state index contributed by atoms with van der Waals surface area (Å²) in [6, 6.07) is 29.8. The van der Waals surface area contributed by atoms with Crippen molar-refractivity contribution in [3.8, 4) is 27.8 Å². The Hall–Kier alpha value is -4.73. The van der Waals surface area contributed by atoms with Gasteiger partial charge in [-0.05, 0) is 28.8 Å². The molecule has 6 heteroatoms. The molecule has 1 aliphatic carbocycles. The van der Waals surface area contributed by atoms with Gasteiger partial charge in [0, 0.05) is 28.0 Å². The van der Waals surface area contributed by atoms with Crippen LogP contribution >= 0.6 is 11.3 Å². The summed E-state index contributed by atoms with van der Waals surface area (Å²) in [6.45, 7) is 0. The first-order valence-corrected chi connectivity index (χ1v) is 11.9. The number of aromatic nitrogens is 2. The zero-order valence-corrected chi connectivity index (χ0v) is 19.3. The standard InChI is InChI=1S/C29H18N4OS/c30-16-24(31)26-21-8-4-5-9-22(21)27(34)23(26)14-20-15-25-28(32-20)33-29(35-25)19-12-10-18(11-13-19)17-6-2-1-3-7-17/h1-15,32H,31H2/b23-14-,26-24?. The predicted molar refractivity (Wildman–Crippen MR) is 140 cm³/mol. The van der Waals surface area contributed by atoms with E-state index >= 15 is 0 Å². The van der Waals surface area contributed by atoms with Crippen LogP contribution < -0.4 is 5.73 Å². The van der Waals surface area contributed by atoms with Crippen LogP contribution in [0.3, 0.4) is 0 Å². The van der Waals surface area contributed by atoms with Gasteiger partial charge in [-0.2, -0.15) is 5.26 Å². The minimum atomic E-state index is -0.140. The van der Waals surface area contributed by atoms with Gasteiger partial charge < -0.3 is 10.7 Å². The molecule has 0 aliphatic heterocycles. The third kappa shape index (κ3) is 3.55. The Kier molecular flexibility index (Phi) is 4.91. The van der Waals surface area contributed by atoms with Crippen LogP contribution in [0.2, 0.25) is 0 Å². The molecule has 0 atom stereocenters. The maximum atomic E-state index is 13.1. The number of rotatable bonds is 3. The van der Waals surface area contributed by atoms with Gasteiger partial charge >= 0.3 is 0 Å². The van der Waals surface area contributed by atoms with Crippen molar-refractivity contribution in [2.75, 3.05) is 0 Å². The largest absolute Gasteiger partial charge is 0.390 e. The molecule has 166 valence electrons. The fraction of sp³-hybridized carbons (Fsp3) is 0. The molecule has 0 saturated heterocycles. The number of Topliss-reactive ketones (excluding diaryl/α,β-unsaturated/α-hetero) is 1. The van der Waals surface area contributed by atoms with Crippen molar-refractivity contribution in [2.24, 2.45) is 5.73 Å². The Labute approximate surface area is 205 Å². The number of H-pyrrole nitrogens is 1. The lowest BCUT2D eigenvalue weighted by Crippen LogP contribution is -2.01. The van der Waals surface area contributed by atoms with Crippen LogP contribution in [0.1, 0.15) is 21.6 Å². The van der Waals surface area contributed by atoms with Crippen LogP contribution in [0.4, 0.5) is 0 Å². The Balaban J connectivity index is 1.34. The molecule has 0 radical (unpaired) electrons. The molecule has 5 aromatic rings. The molecule has 2 aromatic heterocycles. The van der Waals surface area contributed by atoms with E-state index in [-0.39, 0.29) is 11.5 Å². The molecule has 2 heterocycles. The lowest BCUT2D eigenvalue weighted by Gasteiger charge is -2.03. The van der Waals surface area contributed by atoms with E-state index in [0.29, 0.717) is 22.3 Å². The maximum absolute atomic E-state index is 13.1. The number of hydrogen-bond donors (Lipinski definition) is 2. The molecule has 0 unspecified atom stereocenters. The third-order valence-electron chi connectivity index (χ3n) is 6.09. The zero-order chi connectivity index (χ0) is 23.9. The lowest BCUT2D eigenvalue weighted by atomic mass is 10.0. The summed E-state index contributed by atoms with van der Waals surface area (Å²) < 4.78 is 0.987. The van der Waals surface area contributed by atoms with Crippen LogP contribution in [0, 0.1) is 11.3 Å². The van der Waals surface area contributed by atoms with E-state index in [0.717, 1.165) is 32.2 Å². The molecule has 0 spiro atoms. The summed E-state index contributed by atoms with van der Waals surface area (Å²) in [4.78, 5) is 21.1. The van der Waals surface area contributed by atoms with Crippen LogP contribution in [0.25, 0.3) is 43.7 Å². The molecule has 3 aromatic carbocycles. The van der Waals surface area contributed by atoms with Crippen molar-refractivity contribution in [1.29, 1.82) is 5.26 Å². The van der Waals surface area contributed by atoms with Crippen molar-refractivity contribution in [3.05, 3.63) is 113 Å². The quantitative estimate of drug-likeness (QED) is 0.235. The highest BCUT2D eigenvalue weighted by atomic mass is 32.1. The van der Waals surface area contributed by atoms with Crippen LogP contribution in [0.5, 0.6) is 0 Å². The first-order chi connectivity index (χ1) is 17.1. The van der Waals surface area contributed by atoms with Crippen molar-refractivity contribution < 1.29 is 4.79 Å². The second kappa shape index (κ2) is 8.24. The summed E-state index contributed by atoms with van der Waals surface area (Å²) in [5, 5.41) is 10.3. The second-order valence-electron chi connectivity index (χ2n) is 8.23. The topological polar surface area (TPSA) is 95.6 Å². The minimum Gasteiger partial charge on any atom is -0.390 e. The van der Waals surface area contributed by atoms with Crippen molar-refractivity contribution in [3.63, 3.8) is 0 Å². The number of hydrogen-bond acceptors (Lipinski definition) is 5. The van der Waals surface area contributed by atoms with Crippen molar-refractivity contribution in [2.45, 2.75) is 0 Å². The number of nitrogens with one attached hydrogen (secondary N) is 1. The van der Waals surface area contributed by atoms with Crippen LogP contribution in [-0.4, -0.2) is 15.8 Å². The average molecular weight is 471 g/mol. The third-order valence-corrected chi connectivity index (χ3v) is 7.14. The zero-order valence-electron chi connectivity index (χ0n) is 18.4. The second-order valence-corrected chi connectivity index (χ2v) is 9.26. The minimum absolute atomic E-state index is 0.0299. The Bertz CT molecular complexity index is 1680. The summed E-state index contributed by atoms with van der Waals surface area (Å²) in [5.74, 6) is -0.140. The molecular formula is C29H18N4OS. The number of aromatic amines is 1. The first kappa shape index (κ1) is 20.8. The Morgan fingerprint density at radius 2 is 1.57 bits per heavy atom. The van der Waals surface area contributed by atoms with E-state index in [1.165, 1.54) is 5.56 Å². The molecule has 0 saturated carbocycles. The van der Waals surface area contributed by atoms with E-state index in [1.54, 1.807) is 23.5 Å². The monoisotopic (exact) mass is 470 g/mol. The molecule has 0 amide bonds. The predicted octanol–water partition coefficient (Wildman–Crippen LogP) is 6.43. The van der Waals surface area contributed by atoms with Gasteiger partial charge in [0.25, 0.3) is 0 Å². The molecule has 1 aliphatic rings. The van der Waals surface area contributed by atoms with Crippen molar-refractivity contribution in [1.82, 2.24) is 9.97 Å². The van der Waals surface area contributed by atoms with Gasteiger partial charge in [-0.1, -0.05) is 78.9 Å². The maximum Gasteiger partial charge on any atom is 0.194 e. The summed E-state index contributed by atoms with van der Waals surface area (Å²) >= 11 is 1.58. The first-order valence-electron chi connectivity index (χ1n) is 11.0. The number of thiazole rings is 1. The van der Waals surface area contributed by atoms with Gasteiger partial charge in [0.1, 0.15) is 22.4 Å². The summed E-state index contributed by atoms with van der Waals surface area (Å²) in [7, 11) is 0. The lowest BCUT2D eigenvalue weighted by molar-refractivity contribution is 0.104. The number of nitrogens with two attached hydrogens (primary N) is 1. The number of ketones is 1. The van der Waals surface area contributed by atoms with Gasteiger partial charge in [-0.3, -0.25) is 4.79 Å². The summed E-state index contributed by atoms with van der Waals surface area (Å²) in [5.41, 5.74) is 13.0. The molecule has 6 rings (SSSR count). The highest BCUT2D eigenvalue weighted by Crippen LogP contribution is 2.39. The average Bonchev–Trinajstić information content (AvgIpc) is 3.55. The number of allylic oxidation sites excluding steroid dienone is 3. The smallest absolute Gasteiger partial charge is 0.194 e. The molecule has 3 N–H and O–H groups in total. The fourth-order valence-corrected chi connectivity index (χ4v) is 5.39.